The molecule has 0 saturated heterocycles. The molecule has 0 atom stereocenters. The molecule has 2 nitrogen and oxygen atoms in total. The molecule has 14 heavy (non-hydrogen) atoms. The quantitative estimate of drug-likeness (QED) is 0.403. The summed E-state index contributed by atoms with van der Waals surface area (Å²) in [6.07, 6.45) is 8.47. The SMILES string of the molecule is C=C(/C=C\C=C/C)OCCCN.CC. The smallest absolute Gasteiger partial charge is 0.112 e. The average Bonchev–Trinajstić information content (AvgIpc) is 2.22. The van der Waals surface area contributed by atoms with Crippen LogP contribution in [0.3, 0.4) is 0 Å². The summed E-state index contributed by atoms with van der Waals surface area (Å²) in [6, 6.07) is 0. The molecule has 2 N–H and O–H groups in total. The van der Waals surface area contributed by atoms with Crippen molar-refractivity contribution in [3.8, 4) is 0 Å². The number of hydrogen-bond donors (Lipinski definition) is 1. The van der Waals surface area contributed by atoms with Gasteiger partial charge >= 0.3 is 0 Å². The van der Waals surface area contributed by atoms with Crippen LogP contribution in [0.1, 0.15) is 27.2 Å². The third kappa shape index (κ3) is 13.6. The maximum atomic E-state index is 5.30. The van der Waals surface area contributed by atoms with Gasteiger partial charge in [0.1, 0.15) is 5.76 Å². The molecular weight excluding hydrogens is 174 g/mol. The zero-order valence-electron chi connectivity index (χ0n) is 9.62. The summed E-state index contributed by atoms with van der Waals surface area (Å²) in [6.45, 7) is 11.0. The Hall–Kier alpha value is -1.02. The Kier molecular flexibility index (Phi) is 16.0. The fraction of sp³-hybridized carbons (Fsp3) is 0.500. The molecule has 0 heterocycles. The molecule has 0 aliphatic rings. The molecule has 2 heteroatoms. The Morgan fingerprint density at radius 1 is 1.36 bits per heavy atom. The zero-order chi connectivity index (χ0) is 11.2. The van der Waals surface area contributed by atoms with E-state index in [0.717, 1.165) is 6.42 Å². The summed E-state index contributed by atoms with van der Waals surface area (Å²) in [5, 5.41) is 0. The predicted molar refractivity (Wildman–Crippen MR) is 64.1 cm³/mol. The Bertz CT molecular complexity index is 171. The highest BCUT2D eigenvalue weighted by Gasteiger charge is 1.86. The van der Waals surface area contributed by atoms with Crippen molar-refractivity contribution in [2.45, 2.75) is 27.2 Å². The lowest BCUT2D eigenvalue weighted by atomic mass is 10.4. The Balaban J connectivity index is 0. The van der Waals surface area contributed by atoms with Crippen LogP contribution in [0.4, 0.5) is 0 Å². The van der Waals surface area contributed by atoms with Crippen LogP contribution >= 0.6 is 0 Å². The van der Waals surface area contributed by atoms with Crippen molar-refractivity contribution < 1.29 is 4.74 Å². The average molecular weight is 197 g/mol. The maximum absolute atomic E-state index is 5.30. The van der Waals surface area contributed by atoms with Crippen LogP contribution < -0.4 is 5.73 Å². The predicted octanol–water partition coefficient (Wildman–Crippen LogP) is 3.02. The van der Waals surface area contributed by atoms with E-state index in [2.05, 4.69) is 6.58 Å². The second-order valence-corrected chi connectivity index (χ2v) is 2.34. The topological polar surface area (TPSA) is 35.2 Å². The number of allylic oxidation sites excluding steroid dienone is 4. The third-order valence-corrected chi connectivity index (χ3v) is 1.22. The van der Waals surface area contributed by atoms with E-state index in [0.29, 0.717) is 18.9 Å². The summed E-state index contributed by atoms with van der Waals surface area (Å²) >= 11 is 0. The monoisotopic (exact) mass is 197 g/mol. The highest BCUT2D eigenvalue weighted by Crippen LogP contribution is 1.96. The summed E-state index contributed by atoms with van der Waals surface area (Å²) in [5.74, 6) is 0.682. The minimum atomic E-state index is 0.648. The normalized spacial score (nSPS) is 10.0. The zero-order valence-corrected chi connectivity index (χ0v) is 9.62. The summed E-state index contributed by atoms with van der Waals surface area (Å²) in [7, 11) is 0. The van der Waals surface area contributed by atoms with Crippen LogP contribution in [0, 0.1) is 0 Å². The van der Waals surface area contributed by atoms with Gasteiger partial charge in [-0.05, 0) is 26.0 Å². The van der Waals surface area contributed by atoms with Crippen molar-refractivity contribution in [3.05, 3.63) is 36.6 Å². The van der Waals surface area contributed by atoms with Gasteiger partial charge in [0.25, 0.3) is 0 Å². The highest BCUT2D eigenvalue weighted by atomic mass is 16.5. The van der Waals surface area contributed by atoms with Gasteiger partial charge in [0.15, 0.2) is 0 Å². The van der Waals surface area contributed by atoms with Crippen LogP contribution in [-0.2, 0) is 4.74 Å². The van der Waals surface area contributed by atoms with Crippen molar-refractivity contribution in [2.24, 2.45) is 5.73 Å². The standard InChI is InChI=1S/C10H17NO.C2H6/c1-3-4-5-7-10(2)12-9-6-8-11;1-2/h3-5,7H,2,6,8-9,11H2,1H3;1-2H3/b4-3-,7-5-;. The van der Waals surface area contributed by atoms with E-state index >= 15 is 0 Å². The van der Waals surface area contributed by atoms with Gasteiger partial charge in [0.05, 0.1) is 6.61 Å². The molecule has 0 amide bonds. The molecule has 0 rings (SSSR count). The molecule has 0 aromatic heterocycles. The van der Waals surface area contributed by atoms with Gasteiger partial charge in [-0.3, -0.25) is 0 Å². The fourth-order valence-corrected chi connectivity index (χ4v) is 0.609. The molecule has 0 unspecified atom stereocenters. The third-order valence-electron chi connectivity index (χ3n) is 1.22. The number of nitrogens with two attached hydrogens (primary N) is 1. The summed E-state index contributed by atoms with van der Waals surface area (Å²) in [4.78, 5) is 0. The summed E-state index contributed by atoms with van der Waals surface area (Å²) in [5.41, 5.74) is 5.30. The van der Waals surface area contributed by atoms with Gasteiger partial charge < -0.3 is 10.5 Å². The molecule has 0 aromatic rings. The Morgan fingerprint density at radius 2 is 2.00 bits per heavy atom. The highest BCUT2D eigenvalue weighted by molar-refractivity contribution is 5.13. The van der Waals surface area contributed by atoms with Crippen molar-refractivity contribution in [1.29, 1.82) is 0 Å². The largest absolute Gasteiger partial charge is 0.494 e. The molecule has 0 spiro atoms. The Labute approximate surface area is 88.1 Å². The van der Waals surface area contributed by atoms with Gasteiger partial charge in [0.2, 0.25) is 0 Å². The van der Waals surface area contributed by atoms with E-state index in [4.69, 9.17) is 10.5 Å². The molecule has 0 fully saturated rings. The van der Waals surface area contributed by atoms with Gasteiger partial charge in [-0.1, -0.05) is 38.7 Å². The molecule has 0 bridgehead atoms. The molecular formula is C12H23NO. The fourth-order valence-electron chi connectivity index (χ4n) is 0.609. The first-order chi connectivity index (χ1) is 6.81. The van der Waals surface area contributed by atoms with Crippen LogP contribution in [-0.4, -0.2) is 13.2 Å². The lowest BCUT2D eigenvalue weighted by Crippen LogP contribution is -2.03. The second-order valence-electron chi connectivity index (χ2n) is 2.34. The van der Waals surface area contributed by atoms with E-state index < -0.39 is 0 Å². The van der Waals surface area contributed by atoms with E-state index in [9.17, 15) is 0 Å². The maximum Gasteiger partial charge on any atom is 0.112 e. The molecule has 0 radical (unpaired) electrons. The molecule has 0 saturated carbocycles. The van der Waals surface area contributed by atoms with Gasteiger partial charge in [-0.15, -0.1) is 0 Å². The number of ether oxygens (including phenoxy) is 1. The van der Waals surface area contributed by atoms with Crippen molar-refractivity contribution >= 4 is 0 Å². The first-order valence-corrected chi connectivity index (χ1v) is 5.12. The van der Waals surface area contributed by atoms with Crippen molar-refractivity contribution in [3.63, 3.8) is 0 Å². The lowest BCUT2D eigenvalue weighted by molar-refractivity contribution is 0.224. The second kappa shape index (κ2) is 14.5. The number of hydrogen-bond acceptors (Lipinski definition) is 2. The van der Waals surface area contributed by atoms with E-state index in [1.54, 1.807) is 0 Å². The molecule has 0 aliphatic heterocycles. The van der Waals surface area contributed by atoms with Gasteiger partial charge in [0, 0.05) is 0 Å². The van der Waals surface area contributed by atoms with Crippen molar-refractivity contribution in [2.75, 3.05) is 13.2 Å². The molecule has 0 aliphatic carbocycles. The Morgan fingerprint density at radius 3 is 2.50 bits per heavy atom. The van der Waals surface area contributed by atoms with Gasteiger partial charge in [-0.2, -0.15) is 0 Å². The summed E-state index contributed by atoms with van der Waals surface area (Å²) < 4.78 is 5.23. The van der Waals surface area contributed by atoms with Gasteiger partial charge in [-0.25, -0.2) is 0 Å². The molecule has 0 aromatic carbocycles. The lowest BCUT2D eigenvalue weighted by Gasteiger charge is -2.02. The van der Waals surface area contributed by atoms with E-state index in [1.165, 1.54) is 0 Å². The van der Waals surface area contributed by atoms with Crippen LogP contribution in [0.15, 0.2) is 36.6 Å². The van der Waals surface area contributed by atoms with E-state index in [-0.39, 0.29) is 0 Å². The first-order valence-electron chi connectivity index (χ1n) is 5.12. The van der Waals surface area contributed by atoms with E-state index in [1.807, 2.05) is 45.1 Å². The molecule has 82 valence electrons. The van der Waals surface area contributed by atoms with Crippen LogP contribution in [0.2, 0.25) is 0 Å². The van der Waals surface area contributed by atoms with Crippen LogP contribution in [0.5, 0.6) is 0 Å². The minimum Gasteiger partial charge on any atom is -0.494 e. The first kappa shape index (κ1) is 15.5. The van der Waals surface area contributed by atoms with Crippen LogP contribution in [0.25, 0.3) is 0 Å². The van der Waals surface area contributed by atoms with Crippen molar-refractivity contribution in [1.82, 2.24) is 0 Å². The number of rotatable bonds is 6. The minimum absolute atomic E-state index is 0.648.